The van der Waals surface area contributed by atoms with E-state index in [1.54, 1.807) is 0 Å². The molecule has 79 heavy (non-hydrogen) atoms. The number of carbonyl (C=O) groups is 2. The first-order valence-electron chi connectivity index (χ1n) is 27.6. The third-order valence-electron chi connectivity index (χ3n) is 17.2. The van der Waals surface area contributed by atoms with Gasteiger partial charge >= 0.3 is 11.9 Å². The van der Waals surface area contributed by atoms with Crippen molar-refractivity contribution in [3.05, 3.63) is 24.3 Å². The zero-order chi connectivity index (χ0) is 57.0. The van der Waals surface area contributed by atoms with E-state index < -0.39 is 203 Å². The molecule has 0 amide bonds. The molecule has 30 atom stereocenters. The van der Waals surface area contributed by atoms with Crippen molar-refractivity contribution in [1.82, 2.24) is 0 Å². The third kappa shape index (κ3) is 15.1. The fraction of sp³-hybridized carbons (Fsp3) is 0.885. The van der Waals surface area contributed by atoms with E-state index in [4.69, 9.17) is 47.4 Å². The highest BCUT2D eigenvalue weighted by atomic mass is 16.8. The Morgan fingerprint density at radius 3 is 1.53 bits per heavy atom. The maximum absolute atomic E-state index is 13.1. The van der Waals surface area contributed by atoms with Gasteiger partial charge in [-0.15, -0.1) is 0 Å². The molecule has 0 aromatic carbocycles. The van der Waals surface area contributed by atoms with Crippen LogP contribution in [0.3, 0.4) is 0 Å². The molecule has 4 heterocycles. The molecule has 8 aliphatic rings. The highest BCUT2D eigenvalue weighted by Gasteiger charge is 2.56. The second-order valence-electron chi connectivity index (χ2n) is 22.7. The Morgan fingerprint density at radius 1 is 0.468 bits per heavy atom. The minimum Gasteiger partial charge on any atom is -0.460 e. The lowest BCUT2D eigenvalue weighted by molar-refractivity contribution is -0.380. The SMILES string of the molecule is COC1CC(C2OC3CC(O)CC(O[C@@H]4O[C@H](CO)[C@@H](O)[C@H](O)[C@H]4O)C3CC2O[C@@H]2O[C@H](COC(=O)C=CC3CCC(O)C(O)C3)[C@@H](O)[C@H](O)[C@H]2O[C@@H]2O[C@H](COC(=O)C=CC3CCC(O)C(O)C3)[C@@H](O)[C@H](O)[C@H]2O)CCC1O. The summed E-state index contributed by atoms with van der Waals surface area (Å²) in [6.07, 6.45) is -28.6. The summed E-state index contributed by atoms with van der Waals surface area (Å²) in [6, 6.07) is 0. The summed E-state index contributed by atoms with van der Waals surface area (Å²) < 4.78 is 60.5. The standard InChI is InChI=1S/C52H82O27/c1-70-33-14-23(6-9-28(33)57)48-34(17-25-31(73-48)15-24(54)16-32(25)74-50-46(68)43(65)40(62)35(18-53)76-50)75-52-49(45(67)42(64)37(78-52)20-72-39(61)11-5-22-3-8-27(56)30(59)13-22)79-51-47(69)44(66)41(63)36(77-51)19-71-38(60)10-4-21-2-7-26(55)29(58)12-21/h4-5,10-11,21-37,40-59,62-69H,2-3,6-9,12-20H2,1H3/t21?,22?,23?,24?,25?,26?,27?,28?,29?,30?,31?,32?,33?,34?,35-,36-,37-,40-,41-,42-,43+,44+,45+,46-,47-,48?,49-,50-,51+,52-/m1/s1. The van der Waals surface area contributed by atoms with Crippen LogP contribution < -0.4 is 0 Å². The van der Waals surface area contributed by atoms with Crippen LogP contribution in [0.5, 0.6) is 0 Å². The van der Waals surface area contributed by atoms with Gasteiger partial charge in [0, 0.05) is 31.6 Å². The van der Waals surface area contributed by atoms with Gasteiger partial charge in [0.25, 0.3) is 0 Å². The zero-order valence-corrected chi connectivity index (χ0v) is 43.8. The number of aliphatic hydroxyl groups excluding tert-OH is 15. The predicted octanol–water partition coefficient (Wildman–Crippen LogP) is -5.46. The molecule has 15 unspecified atom stereocenters. The Balaban J connectivity index is 1.05. The average molecular weight is 1140 g/mol. The first-order chi connectivity index (χ1) is 37.6. The van der Waals surface area contributed by atoms with Crippen LogP contribution in [0.15, 0.2) is 24.3 Å². The summed E-state index contributed by atoms with van der Waals surface area (Å²) >= 11 is 0. The lowest BCUT2D eigenvalue weighted by atomic mass is 9.72. The number of ether oxygens (including phenoxy) is 10. The largest absolute Gasteiger partial charge is 0.460 e. The van der Waals surface area contributed by atoms with Gasteiger partial charge in [0.05, 0.1) is 73.8 Å². The van der Waals surface area contributed by atoms with Gasteiger partial charge in [-0.1, -0.05) is 12.2 Å². The van der Waals surface area contributed by atoms with Gasteiger partial charge < -0.3 is 124 Å². The molecule has 4 aliphatic heterocycles. The molecule has 0 aromatic rings. The molecule has 27 nitrogen and oxygen atoms in total. The average Bonchev–Trinajstić information content (AvgIpc) is 3.59. The van der Waals surface area contributed by atoms with E-state index in [0.717, 1.165) is 12.2 Å². The van der Waals surface area contributed by atoms with Crippen molar-refractivity contribution in [1.29, 1.82) is 0 Å². The molecular formula is C52H82O27. The molecule has 0 radical (unpaired) electrons. The van der Waals surface area contributed by atoms with Crippen LogP contribution in [0.2, 0.25) is 0 Å². The molecule has 452 valence electrons. The van der Waals surface area contributed by atoms with Crippen molar-refractivity contribution < 1.29 is 134 Å². The van der Waals surface area contributed by atoms with E-state index in [1.807, 2.05) is 0 Å². The fourth-order valence-corrected chi connectivity index (χ4v) is 12.4. The van der Waals surface area contributed by atoms with Crippen LogP contribution in [0, 0.1) is 23.7 Å². The summed E-state index contributed by atoms with van der Waals surface area (Å²) in [7, 11) is 1.45. The predicted molar refractivity (Wildman–Crippen MR) is 261 cm³/mol. The number of hydrogen-bond donors (Lipinski definition) is 15. The maximum Gasteiger partial charge on any atom is 0.330 e. The summed E-state index contributed by atoms with van der Waals surface area (Å²) in [6.45, 7) is -2.12. The molecule has 0 aromatic heterocycles. The monoisotopic (exact) mass is 1140 g/mol. The normalized spacial score (nSPS) is 49.1. The van der Waals surface area contributed by atoms with Crippen LogP contribution in [-0.4, -0.2) is 275 Å². The number of fused-ring (bicyclic) bond motifs is 1. The second-order valence-corrected chi connectivity index (χ2v) is 22.7. The van der Waals surface area contributed by atoms with Gasteiger partial charge in [-0.3, -0.25) is 0 Å². The van der Waals surface area contributed by atoms with E-state index in [9.17, 15) is 86.2 Å². The van der Waals surface area contributed by atoms with Gasteiger partial charge in [-0.2, -0.15) is 0 Å². The number of esters is 2. The third-order valence-corrected chi connectivity index (χ3v) is 17.2. The molecule has 0 spiro atoms. The van der Waals surface area contributed by atoms with Crippen LogP contribution in [-0.2, 0) is 57.0 Å². The van der Waals surface area contributed by atoms with Crippen molar-refractivity contribution in [3.8, 4) is 0 Å². The number of carbonyl (C=O) groups excluding carboxylic acids is 2. The number of allylic oxidation sites excluding steroid dienone is 2. The lowest BCUT2D eigenvalue weighted by Crippen LogP contribution is -2.66. The van der Waals surface area contributed by atoms with E-state index in [2.05, 4.69) is 0 Å². The molecule has 4 saturated heterocycles. The van der Waals surface area contributed by atoms with Gasteiger partial charge in [0.1, 0.15) is 86.5 Å². The fourth-order valence-electron chi connectivity index (χ4n) is 12.4. The molecule has 8 fully saturated rings. The summed E-state index contributed by atoms with van der Waals surface area (Å²) in [5.41, 5.74) is 0. The smallest absolute Gasteiger partial charge is 0.330 e. The van der Waals surface area contributed by atoms with Gasteiger partial charge in [-0.25, -0.2) is 9.59 Å². The van der Waals surface area contributed by atoms with Gasteiger partial charge in [0.2, 0.25) is 0 Å². The Labute approximate surface area is 455 Å². The quantitative estimate of drug-likeness (QED) is 0.0477. The highest BCUT2D eigenvalue weighted by Crippen LogP contribution is 2.46. The number of aliphatic hydroxyl groups is 15. The summed E-state index contributed by atoms with van der Waals surface area (Å²) in [5.74, 6) is -3.40. The summed E-state index contributed by atoms with van der Waals surface area (Å²) in [5, 5.41) is 161. The second kappa shape index (κ2) is 27.9. The molecule has 4 aliphatic carbocycles. The van der Waals surface area contributed by atoms with Gasteiger partial charge in [-0.05, 0) is 88.4 Å². The van der Waals surface area contributed by atoms with Crippen LogP contribution in [0.4, 0.5) is 0 Å². The Bertz CT molecular complexity index is 2000. The molecule has 8 rings (SSSR count). The van der Waals surface area contributed by atoms with E-state index >= 15 is 0 Å². The Morgan fingerprint density at radius 2 is 0.975 bits per heavy atom. The lowest BCUT2D eigenvalue weighted by Gasteiger charge is -2.53. The Kier molecular flexibility index (Phi) is 22.1. The number of rotatable bonds is 17. The highest BCUT2D eigenvalue weighted by molar-refractivity contribution is 5.82. The Hall–Kier alpha value is -2.50. The molecular weight excluding hydrogens is 1060 g/mol. The van der Waals surface area contributed by atoms with Crippen molar-refractivity contribution in [3.63, 3.8) is 0 Å². The van der Waals surface area contributed by atoms with E-state index in [1.165, 1.54) is 19.3 Å². The minimum atomic E-state index is -2.06. The topological polar surface area (TPSA) is 430 Å². The number of hydrogen-bond acceptors (Lipinski definition) is 27. The first kappa shape index (κ1) is 62.5. The van der Waals surface area contributed by atoms with E-state index in [-0.39, 0.29) is 56.8 Å². The van der Waals surface area contributed by atoms with Crippen molar-refractivity contribution >= 4 is 11.9 Å². The zero-order valence-electron chi connectivity index (χ0n) is 43.8. The van der Waals surface area contributed by atoms with Crippen LogP contribution in [0.25, 0.3) is 0 Å². The molecule has 0 bridgehead atoms. The molecule has 4 saturated carbocycles. The molecule has 27 heteroatoms. The first-order valence-corrected chi connectivity index (χ1v) is 27.6. The van der Waals surface area contributed by atoms with Crippen molar-refractivity contribution in [2.75, 3.05) is 26.9 Å². The van der Waals surface area contributed by atoms with Gasteiger partial charge in [0.15, 0.2) is 18.9 Å². The van der Waals surface area contributed by atoms with Crippen LogP contribution >= 0.6 is 0 Å². The summed E-state index contributed by atoms with van der Waals surface area (Å²) in [4.78, 5) is 25.9. The molecule has 15 N–H and O–H groups in total. The minimum absolute atomic E-state index is 0.00203. The van der Waals surface area contributed by atoms with Crippen LogP contribution in [0.1, 0.15) is 77.0 Å². The number of methoxy groups -OCH3 is 1. The maximum atomic E-state index is 13.1. The van der Waals surface area contributed by atoms with E-state index in [0.29, 0.717) is 32.1 Å². The van der Waals surface area contributed by atoms with Crippen molar-refractivity contribution in [2.24, 2.45) is 23.7 Å². The van der Waals surface area contributed by atoms with Crippen molar-refractivity contribution in [2.45, 2.75) is 236 Å².